The minimum Gasteiger partial charge on any atom is -0.379 e. The molecule has 0 radical (unpaired) electrons. The molecule has 1 aromatic rings. The quantitative estimate of drug-likeness (QED) is 0.785. The second-order valence-corrected chi connectivity index (χ2v) is 4.91. The lowest BCUT2D eigenvalue weighted by Crippen LogP contribution is -2.44. The lowest BCUT2D eigenvalue weighted by atomic mass is 9.96. The standard InChI is InChI=1S/C13H21N3O/c1-9-5-6-16(8-12(9)17-4)13-11(3)14-7-10(2)15-13/h7,9,12H,5-6,8H2,1-4H3. The first kappa shape index (κ1) is 12.3. The van der Waals surface area contributed by atoms with Gasteiger partial charge in [-0.2, -0.15) is 0 Å². The highest BCUT2D eigenvalue weighted by molar-refractivity contribution is 5.43. The van der Waals surface area contributed by atoms with E-state index >= 15 is 0 Å². The summed E-state index contributed by atoms with van der Waals surface area (Å²) in [7, 11) is 1.79. The van der Waals surface area contributed by atoms with Crippen LogP contribution in [0.3, 0.4) is 0 Å². The van der Waals surface area contributed by atoms with Crippen molar-refractivity contribution in [1.82, 2.24) is 9.97 Å². The van der Waals surface area contributed by atoms with Crippen LogP contribution in [0.1, 0.15) is 24.7 Å². The number of anilines is 1. The third-order valence-electron chi connectivity index (χ3n) is 3.54. The molecule has 2 unspecified atom stereocenters. The number of piperidine rings is 1. The lowest BCUT2D eigenvalue weighted by molar-refractivity contribution is 0.0496. The van der Waals surface area contributed by atoms with Gasteiger partial charge in [0.1, 0.15) is 5.82 Å². The number of hydrogen-bond donors (Lipinski definition) is 0. The van der Waals surface area contributed by atoms with Crippen molar-refractivity contribution in [3.8, 4) is 0 Å². The van der Waals surface area contributed by atoms with Gasteiger partial charge in [0.2, 0.25) is 0 Å². The Balaban J connectivity index is 2.20. The van der Waals surface area contributed by atoms with Crippen LogP contribution in [0.2, 0.25) is 0 Å². The summed E-state index contributed by atoms with van der Waals surface area (Å²) < 4.78 is 5.54. The summed E-state index contributed by atoms with van der Waals surface area (Å²) in [5.41, 5.74) is 1.97. The molecule has 0 N–H and O–H groups in total. The van der Waals surface area contributed by atoms with Gasteiger partial charge in [0, 0.05) is 26.4 Å². The summed E-state index contributed by atoms with van der Waals surface area (Å²) in [6.45, 7) is 8.20. The van der Waals surface area contributed by atoms with Crippen molar-refractivity contribution in [2.24, 2.45) is 5.92 Å². The highest BCUT2D eigenvalue weighted by atomic mass is 16.5. The van der Waals surface area contributed by atoms with Crippen LogP contribution in [0.4, 0.5) is 5.82 Å². The number of hydrogen-bond acceptors (Lipinski definition) is 4. The van der Waals surface area contributed by atoms with Gasteiger partial charge >= 0.3 is 0 Å². The first-order valence-electron chi connectivity index (χ1n) is 6.19. The fourth-order valence-corrected chi connectivity index (χ4v) is 2.36. The van der Waals surface area contributed by atoms with Crippen LogP contribution in [0, 0.1) is 19.8 Å². The van der Waals surface area contributed by atoms with E-state index in [1.807, 2.05) is 20.0 Å². The average molecular weight is 235 g/mol. The summed E-state index contributed by atoms with van der Waals surface area (Å²) in [6.07, 6.45) is 3.26. The number of aryl methyl sites for hydroxylation is 2. The summed E-state index contributed by atoms with van der Waals surface area (Å²) in [6, 6.07) is 0. The first-order chi connectivity index (χ1) is 8.11. The van der Waals surface area contributed by atoms with Gasteiger partial charge in [0.05, 0.1) is 17.5 Å². The van der Waals surface area contributed by atoms with Gasteiger partial charge in [0.15, 0.2) is 0 Å². The zero-order valence-electron chi connectivity index (χ0n) is 11.1. The van der Waals surface area contributed by atoms with E-state index in [4.69, 9.17) is 4.74 Å². The van der Waals surface area contributed by atoms with Crippen LogP contribution in [0.25, 0.3) is 0 Å². The highest BCUT2D eigenvalue weighted by Crippen LogP contribution is 2.25. The molecule has 1 aliphatic heterocycles. The third kappa shape index (κ3) is 2.57. The van der Waals surface area contributed by atoms with Crippen LogP contribution >= 0.6 is 0 Å². The number of nitrogens with zero attached hydrogens (tertiary/aromatic N) is 3. The number of methoxy groups -OCH3 is 1. The minimum atomic E-state index is 0.297. The molecule has 4 heteroatoms. The molecule has 17 heavy (non-hydrogen) atoms. The molecule has 1 fully saturated rings. The minimum absolute atomic E-state index is 0.297. The molecular formula is C13H21N3O. The second kappa shape index (κ2) is 5.00. The van der Waals surface area contributed by atoms with Gasteiger partial charge in [-0.3, -0.25) is 4.98 Å². The molecule has 2 rings (SSSR count). The maximum absolute atomic E-state index is 5.54. The lowest BCUT2D eigenvalue weighted by Gasteiger charge is -2.37. The normalized spacial score (nSPS) is 25.1. The Kier molecular flexibility index (Phi) is 3.62. The molecule has 94 valence electrons. The van der Waals surface area contributed by atoms with Gasteiger partial charge in [-0.25, -0.2) is 4.98 Å². The van der Waals surface area contributed by atoms with E-state index in [1.54, 1.807) is 7.11 Å². The van der Waals surface area contributed by atoms with Gasteiger partial charge in [0.25, 0.3) is 0 Å². The Hall–Kier alpha value is -1.16. The van der Waals surface area contributed by atoms with E-state index in [1.165, 1.54) is 0 Å². The molecular weight excluding hydrogens is 214 g/mol. The van der Waals surface area contributed by atoms with Crippen LogP contribution in [0.15, 0.2) is 6.20 Å². The Morgan fingerprint density at radius 1 is 1.41 bits per heavy atom. The first-order valence-corrected chi connectivity index (χ1v) is 6.19. The van der Waals surface area contributed by atoms with Crippen LogP contribution in [0.5, 0.6) is 0 Å². The molecule has 1 saturated heterocycles. The molecule has 0 amide bonds. The molecule has 1 aromatic heterocycles. The van der Waals surface area contributed by atoms with Gasteiger partial charge in [-0.05, 0) is 26.2 Å². The molecule has 0 aliphatic carbocycles. The fraction of sp³-hybridized carbons (Fsp3) is 0.692. The van der Waals surface area contributed by atoms with Gasteiger partial charge in [-0.15, -0.1) is 0 Å². The van der Waals surface area contributed by atoms with Crippen molar-refractivity contribution in [1.29, 1.82) is 0 Å². The summed E-state index contributed by atoms with van der Waals surface area (Å²) >= 11 is 0. The largest absolute Gasteiger partial charge is 0.379 e. The molecule has 1 aliphatic rings. The van der Waals surface area contributed by atoms with E-state index in [0.717, 1.165) is 36.7 Å². The van der Waals surface area contributed by atoms with E-state index in [0.29, 0.717) is 12.0 Å². The van der Waals surface area contributed by atoms with Crippen LogP contribution in [-0.2, 0) is 4.74 Å². The van der Waals surface area contributed by atoms with Crippen molar-refractivity contribution in [2.45, 2.75) is 33.3 Å². The second-order valence-electron chi connectivity index (χ2n) is 4.91. The molecule has 0 spiro atoms. The SMILES string of the molecule is COC1CN(c2nc(C)cnc2C)CCC1C. The molecule has 2 atom stereocenters. The Morgan fingerprint density at radius 2 is 2.18 bits per heavy atom. The monoisotopic (exact) mass is 235 g/mol. The van der Waals surface area contributed by atoms with Crippen molar-refractivity contribution in [3.63, 3.8) is 0 Å². The molecule has 4 nitrogen and oxygen atoms in total. The van der Waals surface area contributed by atoms with Crippen LogP contribution in [-0.4, -0.2) is 36.3 Å². The summed E-state index contributed by atoms with van der Waals surface area (Å²) in [5, 5.41) is 0. The number of aromatic nitrogens is 2. The highest BCUT2D eigenvalue weighted by Gasteiger charge is 2.27. The van der Waals surface area contributed by atoms with Crippen LogP contribution < -0.4 is 4.90 Å². The number of rotatable bonds is 2. The van der Waals surface area contributed by atoms with Crippen molar-refractivity contribution in [2.75, 3.05) is 25.1 Å². The Morgan fingerprint density at radius 3 is 2.88 bits per heavy atom. The average Bonchev–Trinajstić information content (AvgIpc) is 2.33. The zero-order chi connectivity index (χ0) is 12.4. The molecule has 0 aromatic carbocycles. The Bertz CT molecular complexity index is 394. The van der Waals surface area contributed by atoms with E-state index in [9.17, 15) is 0 Å². The maximum Gasteiger partial charge on any atom is 0.150 e. The third-order valence-corrected chi connectivity index (χ3v) is 3.54. The van der Waals surface area contributed by atoms with Crippen molar-refractivity contribution < 1.29 is 4.74 Å². The zero-order valence-corrected chi connectivity index (χ0v) is 11.1. The molecule has 0 bridgehead atoms. The van der Waals surface area contributed by atoms with E-state index < -0.39 is 0 Å². The number of ether oxygens (including phenoxy) is 1. The van der Waals surface area contributed by atoms with Gasteiger partial charge < -0.3 is 9.64 Å². The predicted octanol–water partition coefficient (Wildman–Crippen LogP) is 1.95. The Labute approximate surface area is 103 Å². The van der Waals surface area contributed by atoms with Gasteiger partial charge in [-0.1, -0.05) is 6.92 Å². The topological polar surface area (TPSA) is 38.2 Å². The predicted molar refractivity (Wildman–Crippen MR) is 68.3 cm³/mol. The van der Waals surface area contributed by atoms with Crippen molar-refractivity contribution >= 4 is 5.82 Å². The van der Waals surface area contributed by atoms with E-state index in [2.05, 4.69) is 21.8 Å². The smallest absolute Gasteiger partial charge is 0.150 e. The van der Waals surface area contributed by atoms with E-state index in [-0.39, 0.29) is 0 Å². The summed E-state index contributed by atoms with van der Waals surface area (Å²) in [5.74, 6) is 1.63. The molecule has 0 saturated carbocycles. The fourth-order valence-electron chi connectivity index (χ4n) is 2.36. The maximum atomic E-state index is 5.54. The molecule has 2 heterocycles. The van der Waals surface area contributed by atoms with Crippen molar-refractivity contribution in [3.05, 3.63) is 17.6 Å². The summed E-state index contributed by atoms with van der Waals surface area (Å²) in [4.78, 5) is 11.3.